The SMILES string of the molecule is COC[C@H](NC(=O)OC(C)(C)C)c1cc(Cl)c(F)cn1. The molecule has 0 fully saturated rings. The lowest BCUT2D eigenvalue weighted by Gasteiger charge is -2.23. The van der Waals surface area contributed by atoms with Gasteiger partial charge in [0.15, 0.2) is 5.82 Å². The van der Waals surface area contributed by atoms with Gasteiger partial charge in [0.2, 0.25) is 0 Å². The number of aromatic nitrogens is 1. The second-order valence-electron chi connectivity index (χ2n) is 5.18. The summed E-state index contributed by atoms with van der Waals surface area (Å²) in [5.41, 5.74) is -0.223. The predicted octanol–water partition coefficient (Wildman–Crippen LogP) is 3.09. The summed E-state index contributed by atoms with van der Waals surface area (Å²) in [7, 11) is 1.48. The number of ether oxygens (including phenoxy) is 2. The van der Waals surface area contributed by atoms with Crippen LogP contribution in [0.2, 0.25) is 5.02 Å². The van der Waals surface area contributed by atoms with Crippen molar-refractivity contribution >= 4 is 17.7 Å². The Morgan fingerprint density at radius 3 is 2.70 bits per heavy atom. The first-order valence-electron chi connectivity index (χ1n) is 6.02. The van der Waals surface area contributed by atoms with E-state index < -0.39 is 23.6 Å². The van der Waals surface area contributed by atoms with Crippen LogP contribution in [-0.2, 0) is 9.47 Å². The number of halogens is 2. The van der Waals surface area contributed by atoms with E-state index in [4.69, 9.17) is 21.1 Å². The van der Waals surface area contributed by atoms with Crippen molar-refractivity contribution in [3.8, 4) is 0 Å². The highest BCUT2D eigenvalue weighted by atomic mass is 35.5. The number of amides is 1. The topological polar surface area (TPSA) is 60.5 Å². The first-order valence-corrected chi connectivity index (χ1v) is 6.40. The normalized spacial score (nSPS) is 12.9. The van der Waals surface area contributed by atoms with Crippen molar-refractivity contribution in [1.29, 1.82) is 0 Å². The van der Waals surface area contributed by atoms with Gasteiger partial charge in [-0.05, 0) is 26.8 Å². The monoisotopic (exact) mass is 304 g/mol. The van der Waals surface area contributed by atoms with Gasteiger partial charge in [0.25, 0.3) is 0 Å². The Morgan fingerprint density at radius 1 is 1.55 bits per heavy atom. The lowest BCUT2D eigenvalue weighted by molar-refractivity contribution is 0.0466. The van der Waals surface area contributed by atoms with Crippen LogP contribution in [0.4, 0.5) is 9.18 Å². The Labute approximate surface area is 122 Å². The quantitative estimate of drug-likeness (QED) is 0.928. The first-order chi connectivity index (χ1) is 9.23. The van der Waals surface area contributed by atoms with Gasteiger partial charge in [-0.15, -0.1) is 0 Å². The van der Waals surface area contributed by atoms with Crippen LogP contribution in [0.5, 0.6) is 0 Å². The highest BCUT2D eigenvalue weighted by Crippen LogP contribution is 2.19. The van der Waals surface area contributed by atoms with Crippen molar-refractivity contribution < 1.29 is 18.7 Å². The highest BCUT2D eigenvalue weighted by molar-refractivity contribution is 6.30. The van der Waals surface area contributed by atoms with Gasteiger partial charge in [-0.3, -0.25) is 4.98 Å². The third-order valence-electron chi connectivity index (χ3n) is 2.21. The third-order valence-corrected chi connectivity index (χ3v) is 2.50. The van der Waals surface area contributed by atoms with E-state index in [0.717, 1.165) is 6.20 Å². The molecule has 1 aromatic heterocycles. The van der Waals surface area contributed by atoms with Crippen LogP contribution in [0.1, 0.15) is 32.5 Å². The average Bonchev–Trinajstić information content (AvgIpc) is 2.30. The molecule has 0 bridgehead atoms. The molecule has 5 nitrogen and oxygen atoms in total. The molecule has 1 aromatic rings. The molecule has 7 heteroatoms. The van der Waals surface area contributed by atoms with Crippen molar-refractivity contribution in [3.05, 3.63) is 28.8 Å². The van der Waals surface area contributed by atoms with Crippen LogP contribution < -0.4 is 5.32 Å². The minimum Gasteiger partial charge on any atom is -0.444 e. The molecule has 0 radical (unpaired) electrons. The molecule has 1 N–H and O–H groups in total. The van der Waals surface area contributed by atoms with E-state index in [1.807, 2.05) is 0 Å². The minimum absolute atomic E-state index is 0.0675. The summed E-state index contributed by atoms with van der Waals surface area (Å²) >= 11 is 5.70. The molecule has 0 aliphatic heterocycles. The Balaban J connectivity index is 2.83. The smallest absolute Gasteiger partial charge is 0.408 e. The molecular formula is C13H18ClFN2O3. The van der Waals surface area contributed by atoms with Gasteiger partial charge >= 0.3 is 6.09 Å². The molecule has 0 unspecified atom stereocenters. The number of nitrogens with zero attached hydrogens (tertiary/aromatic N) is 1. The molecule has 0 aromatic carbocycles. The van der Waals surface area contributed by atoms with Gasteiger partial charge in [0.1, 0.15) is 5.60 Å². The van der Waals surface area contributed by atoms with E-state index in [9.17, 15) is 9.18 Å². The highest BCUT2D eigenvalue weighted by Gasteiger charge is 2.22. The average molecular weight is 305 g/mol. The van der Waals surface area contributed by atoms with Gasteiger partial charge in [0, 0.05) is 7.11 Å². The van der Waals surface area contributed by atoms with Crippen LogP contribution in [-0.4, -0.2) is 30.4 Å². The largest absolute Gasteiger partial charge is 0.444 e. The van der Waals surface area contributed by atoms with E-state index in [1.165, 1.54) is 13.2 Å². The fourth-order valence-electron chi connectivity index (χ4n) is 1.44. The number of methoxy groups -OCH3 is 1. The third kappa shape index (κ3) is 5.30. The second kappa shape index (κ2) is 6.85. The van der Waals surface area contributed by atoms with Crippen LogP contribution in [0.25, 0.3) is 0 Å². The van der Waals surface area contributed by atoms with Crippen LogP contribution >= 0.6 is 11.6 Å². The maximum Gasteiger partial charge on any atom is 0.408 e. The van der Waals surface area contributed by atoms with Crippen molar-refractivity contribution in [1.82, 2.24) is 10.3 Å². The Bertz CT molecular complexity index is 477. The van der Waals surface area contributed by atoms with Crippen molar-refractivity contribution in [2.24, 2.45) is 0 Å². The summed E-state index contributed by atoms with van der Waals surface area (Å²) < 4.78 is 23.3. The summed E-state index contributed by atoms with van der Waals surface area (Å²) in [5.74, 6) is -0.621. The van der Waals surface area contributed by atoms with E-state index in [2.05, 4.69) is 10.3 Å². The maximum atomic E-state index is 13.1. The van der Waals surface area contributed by atoms with Gasteiger partial charge in [-0.2, -0.15) is 0 Å². The lowest BCUT2D eigenvalue weighted by atomic mass is 10.2. The number of pyridine rings is 1. The number of nitrogens with one attached hydrogen (secondary N) is 1. The zero-order valence-electron chi connectivity index (χ0n) is 11.9. The molecule has 0 aliphatic carbocycles. The summed E-state index contributed by atoms with van der Waals surface area (Å²) in [4.78, 5) is 15.6. The van der Waals surface area contributed by atoms with Gasteiger partial charge < -0.3 is 14.8 Å². The van der Waals surface area contributed by atoms with Crippen molar-refractivity contribution in [2.45, 2.75) is 32.4 Å². The molecule has 112 valence electrons. The van der Waals surface area contributed by atoms with Crippen LogP contribution in [0.15, 0.2) is 12.3 Å². The molecule has 20 heavy (non-hydrogen) atoms. The molecule has 1 atom stereocenters. The van der Waals surface area contributed by atoms with E-state index in [-0.39, 0.29) is 11.6 Å². The fraction of sp³-hybridized carbons (Fsp3) is 0.538. The molecule has 1 amide bonds. The first kappa shape index (κ1) is 16.7. The lowest BCUT2D eigenvalue weighted by Crippen LogP contribution is -2.36. The molecule has 0 saturated heterocycles. The number of carbonyl (C=O) groups is 1. The molecule has 0 saturated carbocycles. The zero-order valence-corrected chi connectivity index (χ0v) is 12.6. The van der Waals surface area contributed by atoms with Crippen LogP contribution in [0, 0.1) is 5.82 Å². The van der Waals surface area contributed by atoms with E-state index >= 15 is 0 Å². The van der Waals surface area contributed by atoms with Crippen LogP contribution in [0.3, 0.4) is 0 Å². The van der Waals surface area contributed by atoms with Gasteiger partial charge in [-0.1, -0.05) is 11.6 Å². The summed E-state index contributed by atoms with van der Waals surface area (Å²) in [6, 6.07) is 0.769. The number of alkyl carbamates (subject to hydrolysis) is 1. The Hall–Kier alpha value is -1.40. The molecule has 0 aliphatic rings. The van der Waals surface area contributed by atoms with E-state index in [0.29, 0.717) is 5.69 Å². The fourth-order valence-corrected chi connectivity index (χ4v) is 1.60. The predicted molar refractivity (Wildman–Crippen MR) is 73.2 cm³/mol. The number of hydrogen-bond donors (Lipinski definition) is 1. The minimum atomic E-state index is -0.621. The molecule has 0 spiro atoms. The van der Waals surface area contributed by atoms with Gasteiger partial charge in [0.05, 0.1) is 29.6 Å². The second-order valence-corrected chi connectivity index (χ2v) is 5.58. The molecule has 1 heterocycles. The molecule has 1 rings (SSSR count). The number of rotatable bonds is 4. The summed E-state index contributed by atoms with van der Waals surface area (Å²) in [6.07, 6.45) is 0.388. The number of hydrogen-bond acceptors (Lipinski definition) is 4. The summed E-state index contributed by atoms with van der Waals surface area (Å²) in [6.45, 7) is 5.43. The maximum absolute atomic E-state index is 13.1. The molecular weight excluding hydrogens is 287 g/mol. The standard InChI is InChI=1S/C13H18ClFN2O3/c1-13(2,3)20-12(18)17-11(7-19-4)10-5-8(14)9(15)6-16-10/h5-6,11H,7H2,1-4H3,(H,17,18)/t11-/m0/s1. The van der Waals surface area contributed by atoms with Gasteiger partial charge in [-0.25, -0.2) is 9.18 Å². The number of carbonyl (C=O) groups excluding carboxylic acids is 1. The Morgan fingerprint density at radius 2 is 2.20 bits per heavy atom. The Kier molecular flexibility index (Phi) is 5.71. The zero-order chi connectivity index (χ0) is 15.3. The van der Waals surface area contributed by atoms with Crippen molar-refractivity contribution in [3.63, 3.8) is 0 Å². The van der Waals surface area contributed by atoms with E-state index in [1.54, 1.807) is 20.8 Å². The van der Waals surface area contributed by atoms with Crippen molar-refractivity contribution in [2.75, 3.05) is 13.7 Å². The summed E-state index contributed by atoms with van der Waals surface area (Å²) in [5, 5.41) is 2.54.